The molecule has 17 heavy (non-hydrogen) atoms. The average molecular weight is 236 g/mol. The van der Waals surface area contributed by atoms with E-state index < -0.39 is 0 Å². The van der Waals surface area contributed by atoms with Gasteiger partial charge in [0.15, 0.2) is 0 Å². The number of rotatable bonds is 5. The van der Waals surface area contributed by atoms with E-state index >= 15 is 0 Å². The van der Waals surface area contributed by atoms with Crippen molar-refractivity contribution in [2.24, 2.45) is 5.84 Å². The number of nitrogens with zero attached hydrogens (tertiary/aromatic N) is 2. The molecule has 0 saturated carbocycles. The zero-order valence-electron chi connectivity index (χ0n) is 9.97. The number of nitrogens with one attached hydrogen (secondary N) is 1. The standard InChI is InChI=1S/C12H20N4O/c13-15-11-6-1-7-12(14-11)16-8-2-4-10(16)5-3-9-17/h1,6-7,10,17H,2-5,8-9,13H2,(H,14,15). The van der Waals surface area contributed by atoms with Crippen LogP contribution in [0.25, 0.3) is 0 Å². The van der Waals surface area contributed by atoms with Crippen LogP contribution in [-0.2, 0) is 0 Å². The van der Waals surface area contributed by atoms with Crippen LogP contribution in [0.4, 0.5) is 11.6 Å². The van der Waals surface area contributed by atoms with E-state index in [0.29, 0.717) is 11.9 Å². The van der Waals surface area contributed by atoms with Crippen molar-refractivity contribution >= 4 is 11.6 Å². The van der Waals surface area contributed by atoms with E-state index in [9.17, 15) is 0 Å². The highest BCUT2D eigenvalue weighted by molar-refractivity contribution is 5.47. The van der Waals surface area contributed by atoms with E-state index in [1.165, 1.54) is 12.8 Å². The van der Waals surface area contributed by atoms with Crippen molar-refractivity contribution in [3.8, 4) is 0 Å². The summed E-state index contributed by atoms with van der Waals surface area (Å²) in [6, 6.07) is 6.32. The number of aromatic nitrogens is 1. The first-order valence-corrected chi connectivity index (χ1v) is 6.16. The van der Waals surface area contributed by atoms with E-state index in [0.717, 1.165) is 25.2 Å². The van der Waals surface area contributed by atoms with Crippen LogP contribution in [0.2, 0.25) is 0 Å². The summed E-state index contributed by atoms with van der Waals surface area (Å²) in [5, 5.41) is 8.90. The minimum atomic E-state index is 0.266. The molecule has 1 aromatic rings. The van der Waals surface area contributed by atoms with E-state index in [1.54, 1.807) is 0 Å². The molecule has 1 saturated heterocycles. The summed E-state index contributed by atoms with van der Waals surface area (Å²) in [5.74, 6) is 7.03. The molecule has 0 amide bonds. The fourth-order valence-corrected chi connectivity index (χ4v) is 2.43. The van der Waals surface area contributed by atoms with Crippen molar-refractivity contribution in [1.82, 2.24) is 4.98 Å². The second kappa shape index (κ2) is 5.84. The summed E-state index contributed by atoms with van der Waals surface area (Å²) in [7, 11) is 0. The smallest absolute Gasteiger partial charge is 0.142 e. The molecule has 1 atom stereocenters. The Hall–Kier alpha value is -1.33. The largest absolute Gasteiger partial charge is 0.396 e. The molecule has 0 aliphatic carbocycles. The van der Waals surface area contributed by atoms with Gasteiger partial charge in [-0.25, -0.2) is 10.8 Å². The summed E-state index contributed by atoms with van der Waals surface area (Å²) in [6.45, 7) is 1.30. The molecule has 0 bridgehead atoms. The van der Waals surface area contributed by atoms with Gasteiger partial charge in [-0.1, -0.05) is 6.07 Å². The predicted octanol–water partition coefficient (Wildman–Crippen LogP) is 1.11. The van der Waals surface area contributed by atoms with Crippen molar-refractivity contribution in [3.63, 3.8) is 0 Å². The van der Waals surface area contributed by atoms with Gasteiger partial charge in [-0.05, 0) is 37.8 Å². The number of anilines is 2. The van der Waals surface area contributed by atoms with Crippen molar-refractivity contribution in [1.29, 1.82) is 0 Å². The van der Waals surface area contributed by atoms with E-state index in [1.807, 2.05) is 18.2 Å². The van der Waals surface area contributed by atoms with Gasteiger partial charge in [0, 0.05) is 19.2 Å². The molecule has 2 rings (SSSR count). The van der Waals surface area contributed by atoms with Crippen LogP contribution in [0, 0.1) is 0 Å². The quantitative estimate of drug-likeness (QED) is 0.527. The average Bonchev–Trinajstić information content (AvgIpc) is 2.84. The molecule has 5 heteroatoms. The van der Waals surface area contributed by atoms with E-state index in [-0.39, 0.29) is 6.61 Å². The Balaban J connectivity index is 2.08. The highest BCUT2D eigenvalue weighted by atomic mass is 16.2. The van der Waals surface area contributed by atoms with Gasteiger partial charge in [0.05, 0.1) is 0 Å². The molecule has 1 aliphatic heterocycles. The summed E-state index contributed by atoms with van der Waals surface area (Å²) in [5.41, 5.74) is 2.57. The number of hydrogen-bond donors (Lipinski definition) is 3. The fraction of sp³-hybridized carbons (Fsp3) is 0.583. The van der Waals surface area contributed by atoms with Crippen LogP contribution >= 0.6 is 0 Å². The van der Waals surface area contributed by atoms with Crippen molar-refractivity contribution in [2.45, 2.75) is 31.7 Å². The molecule has 94 valence electrons. The summed E-state index contributed by atoms with van der Waals surface area (Å²) in [4.78, 5) is 6.77. The number of nitrogen functional groups attached to an aromatic ring is 1. The fourth-order valence-electron chi connectivity index (χ4n) is 2.43. The zero-order valence-corrected chi connectivity index (χ0v) is 9.97. The Labute approximate surface area is 102 Å². The molecule has 2 heterocycles. The number of aliphatic hydroxyl groups excluding tert-OH is 1. The molecule has 4 N–H and O–H groups in total. The third-order valence-electron chi connectivity index (χ3n) is 3.25. The molecule has 0 aromatic carbocycles. The number of hydrazine groups is 1. The Morgan fingerprint density at radius 3 is 3.18 bits per heavy atom. The normalized spacial score (nSPS) is 19.6. The Morgan fingerprint density at radius 2 is 2.41 bits per heavy atom. The van der Waals surface area contributed by atoms with E-state index in [4.69, 9.17) is 10.9 Å². The van der Waals surface area contributed by atoms with Gasteiger partial charge in [-0.15, -0.1) is 0 Å². The van der Waals surface area contributed by atoms with Gasteiger partial charge in [0.1, 0.15) is 11.6 Å². The SMILES string of the molecule is NNc1cccc(N2CCCC2CCCO)n1. The number of pyridine rings is 1. The maximum atomic E-state index is 8.90. The molecule has 5 nitrogen and oxygen atoms in total. The maximum absolute atomic E-state index is 8.90. The third kappa shape index (κ3) is 2.87. The molecule has 1 fully saturated rings. The number of hydrogen-bond acceptors (Lipinski definition) is 5. The number of aliphatic hydroxyl groups is 1. The monoisotopic (exact) mass is 236 g/mol. The third-order valence-corrected chi connectivity index (χ3v) is 3.25. The number of nitrogens with two attached hydrogens (primary N) is 1. The first-order valence-electron chi connectivity index (χ1n) is 6.16. The Morgan fingerprint density at radius 1 is 1.53 bits per heavy atom. The lowest BCUT2D eigenvalue weighted by Crippen LogP contribution is -2.30. The lowest BCUT2D eigenvalue weighted by Gasteiger charge is -2.25. The van der Waals surface area contributed by atoms with Crippen molar-refractivity contribution in [2.75, 3.05) is 23.5 Å². The summed E-state index contributed by atoms with van der Waals surface area (Å²) in [6.07, 6.45) is 4.26. The van der Waals surface area contributed by atoms with E-state index in [2.05, 4.69) is 15.3 Å². The van der Waals surface area contributed by atoms with Crippen molar-refractivity contribution in [3.05, 3.63) is 18.2 Å². The first kappa shape index (κ1) is 12.1. The highest BCUT2D eigenvalue weighted by Gasteiger charge is 2.25. The molecule has 1 aromatic heterocycles. The predicted molar refractivity (Wildman–Crippen MR) is 68.7 cm³/mol. The summed E-state index contributed by atoms with van der Waals surface area (Å²) >= 11 is 0. The topological polar surface area (TPSA) is 74.4 Å². The van der Waals surface area contributed by atoms with Crippen LogP contribution in [0.1, 0.15) is 25.7 Å². The minimum absolute atomic E-state index is 0.266. The van der Waals surface area contributed by atoms with Gasteiger partial charge in [0.25, 0.3) is 0 Å². The van der Waals surface area contributed by atoms with Crippen LogP contribution in [0.5, 0.6) is 0 Å². The van der Waals surface area contributed by atoms with Crippen LogP contribution in [-0.4, -0.2) is 29.3 Å². The lowest BCUT2D eigenvalue weighted by atomic mass is 10.1. The summed E-state index contributed by atoms with van der Waals surface area (Å²) < 4.78 is 0. The molecule has 1 unspecified atom stereocenters. The molecule has 0 radical (unpaired) electrons. The van der Waals surface area contributed by atoms with Gasteiger partial charge in [0.2, 0.25) is 0 Å². The van der Waals surface area contributed by atoms with Gasteiger partial charge in [-0.3, -0.25) is 0 Å². The van der Waals surface area contributed by atoms with Crippen LogP contribution < -0.4 is 16.2 Å². The lowest BCUT2D eigenvalue weighted by molar-refractivity contribution is 0.279. The van der Waals surface area contributed by atoms with Gasteiger partial charge < -0.3 is 15.4 Å². The van der Waals surface area contributed by atoms with Gasteiger partial charge in [-0.2, -0.15) is 0 Å². The molecule has 1 aliphatic rings. The van der Waals surface area contributed by atoms with Crippen LogP contribution in [0.3, 0.4) is 0 Å². The Kier molecular flexibility index (Phi) is 4.17. The molecular formula is C12H20N4O. The Bertz CT molecular complexity index is 358. The second-order valence-corrected chi connectivity index (χ2v) is 4.38. The maximum Gasteiger partial charge on any atom is 0.142 e. The van der Waals surface area contributed by atoms with Gasteiger partial charge >= 0.3 is 0 Å². The first-order chi connectivity index (χ1) is 8.35. The molecular weight excluding hydrogens is 216 g/mol. The second-order valence-electron chi connectivity index (χ2n) is 4.38. The molecule has 0 spiro atoms. The minimum Gasteiger partial charge on any atom is -0.396 e. The van der Waals surface area contributed by atoms with Crippen molar-refractivity contribution < 1.29 is 5.11 Å². The van der Waals surface area contributed by atoms with Crippen LogP contribution in [0.15, 0.2) is 18.2 Å². The zero-order chi connectivity index (χ0) is 12.1. The highest BCUT2D eigenvalue weighted by Crippen LogP contribution is 2.27.